The summed E-state index contributed by atoms with van der Waals surface area (Å²) in [6.07, 6.45) is 0. The molecule has 0 amide bonds. The highest BCUT2D eigenvalue weighted by molar-refractivity contribution is 7.80. The van der Waals surface area contributed by atoms with E-state index in [2.05, 4.69) is 36.0 Å². The molecule has 0 aromatic carbocycles. The van der Waals surface area contributed by atoms with E-state index in [-0.39, 0.29) is 0 Å². The topological polar surface area (TPSA) is 18.5 Å². The predicted octanol–water partition coefficient (Wildman–Crippen LogP) is 0.679. The van der Waals surface area contributed by atoms with E-state index >= 15 is 0 Å². The minimum atomic E-state index is 0.663. The molecule has 3 nitrogen and oxygen atoms in total. The molecule has 0 spiro atoms. The fourth-order valence-corrected chi connectivity index (χ4v) is 1.50. The molecule has 12 heavy (non-hydrogen) atoms. The summed E-state index contributed by atoms with van der Waals surface area (Å²) in [5.41, 5.74) is 0. The van der Waals surface area contributed by atoms with E-state index in [4.69, 9.17) is 12.2 Å². The minimum Gasteiger partial charge on any atom is -0.350 e. The highest BCUT2D eigenvalue weighted by Crippen LogP contribution is 2.03. The number of hydrogen-bond donors (Lipinski definition) is 1. The van der Waals surface area contributed by atoms with Gasteiger partial charge in [-0.15, -0.1) is 0 Å². The van der Waals surface area contributed by atoms with Gasteiger partial charge in [0.2, 0.25) is 0 Å². The average molecular weight is 187 g/mol. The Hall–Kier alpha value is -0.350. The quantitative estimate of drug-likeness (QED) is 0.641. The van der Waals surface area contributed by atoms with Crippen LogP contribution in [-0.4, -0.2) is 41.8 Å². The molecule has 1 heterocycles. The van der Waals surface area contributed by atoms with Crippen molar-refractivity contribution in [2.75, 3.05) is 26.9 Å². The fourth-order valence-electron chi connectivity index (χ4n) is 1.30. The third kappa shape index (κ3) is 2.60. The van der Waals surface area contributed by atoms with E-state index in [1.165, 1.54) is 0 Å². The number of nitrogens with zero attached hydrogens (tertiary/aromatic N) is 2. The smallest absolute Gasteiger partial charge is 0.171 e. The lowest BCUT2D eigenvalue weighted by Crippen LogP contribution is -2.55. The monoisotopic (exact) mass is 187 g/mol. The van der Waals surface area contributed by atoms with Crippen molar-refractivity contribution in [3.63, 3.8) is 0 Å². The fraction of sp³-hybridized carbons (Fsp3) is 0.875. The molecular weight excluding hydrogens is 170 g/mol. The van der Waals surface area contributed by atoms with Crippen molar-refractivity contribution in [2.24, 2.45) is 5.92 Å². The minimum absolute atomic E-state index is 0.663. The molecule has 1 N–H and O–H groups in total. The van der Waals surface area contributed by atoms with Gasteiger partial charge in [0.15, 0.2) is 5.11 Å². The van der Waals surface area contributed by atoms with Crippen molar-refractivity contribution in [2.45, 2.75) is 13.8 Å². The molecular formula is C8H17N3S. The Morgan fingerprint density at radius 1 is 1.58 bits per heavy atom. The molecule has 1 saturated heterocycles. The first-order valence-corrected chi connectivity index (χ1v) is 4.71. The summed E-state index contributed by atoms with van der Waals surface area (Å²) in [6, 6.07) is 0. The molecule has 1 fully saturated rings. The molecule has 70 valence electrons. The van der Waals surface area contributed by atoms with Gasteiger partial charge in [-0.05, 0) is 25.2 Å². The van der Waals surface area contributed by atoms with E-state index in [9.17, 15) is 0 Å². The second-order valence-electron chi connectivity index (χ2n) is 3.75. The van der Waals surface area contributed by atoms with Crippen molar-refractivity contribution < 1.29 is 0 Å². The zero-order chi connectivity index (χ0) is 9.14. The number of thiocarbonyl (C=S) groups is 1. The Labute approximate surface area is 79.7 Å². The van der Waals surface area contributed by atoms with E-state index in [1.54, 1.807) is 0 Å². The summed E-state index contributed by atoms with van der Waals surface area (Å²) in [6.45, 7) is 7.27. The number of hydrogen-bond acceptors (Lipinski definition) is 2. The van der Waals surface area contributed by atoms with Crippen LogP contribution in [0.15, 0.2) is 0 Å². The third-order valence-electron chi connectivity index (χ3n) is 1.79. The van der Waals surface area contributed by atoms with E-state index in [0.29, 0.717) is 5.92 Å². The van der Waals surface area contributed by atoms with Crippen LogP contribution in [0.3, 0.4) is 0 Å². The van der Waals surface area contributed by atoms with Gasteiger partial charge in [-0.2, -0.15) is 0 Å². The largest absolute Gasteiger partial charge is 0.350 e. The molecule has 0 saturated carbocycles. The Balaban J connectivity index is 2.43. The van der Waals surface area contributed by atoms with Crippen molar-refractivity contribution in [1.29, 1.82) is 0 Å². The van der Waals surface area contributed by atoms with Gasteiger partial charge in [0, 0.05) is 6.54 Å². The molecule has 0 bridgehead atoms. The van der Waals surface area contributed by atoms with Crippen molar-refractivity contribution in [3.8, 4) is 0 Å². The van der Waals surface area contributed by atoms with Gasteiger partial charge in [-0.25, -0.2) is 0 Å². The average Bonchev–Trinajstić information content (AvgIpc) is 1.96. The second-order valence-corrected chi connectivity index (χ2v) is 4.14. The predicted molar refractivity (Wildman–Crippen MR) is 54.8 cm³/mol. The molecule has 0 atom stereocenters. The molecule has 0 radical (unpaired) electrons. The SMILES string of the molecule is CC(C)CN1CN(C)CNC1=S. The lowest BCUT2D eigenvalue weighted by Gasteiger charge is -2.36. The van der Waals surface area contributed by atoms with Crippen LogP contribution in [-0.2, 0) is 0 Å². The van der Waals surface area contributed by atoms with Crippen LogP contribution in [0.4, 0.5) is 0 Å². The van der Waals surface area contributed by atoms with Crippen LogP contribution >= 0.6 is 12.2 Å². The van der Waals surface area contributed by atoms with Gasteiger partial charge in [0.25, 0.3) is 0 Å². The molecule has 1 aliphatic heterocycles. The van der Waals surface area contributed by atoms with Gasteiger partial charge in [-0.3, -0.25) is 4.90 Å². The molecule has 0 aromatic heterocycles. The second kappa shape index (κ2) is 4.05. The number of rotatable bonds is 2. The molecule has 1 aliphatic rings. The third-order valence-corrected chi connectivity index (χ3v) is 2.19. The maximum atomic E-state index is 5.19. The van der Waals surface area contributed by atoms with Crippen LogP contribution in [0.2, 0.25) is 0 Å². The maximum absolute atomic E-state index is 5.19. The highest BCUT2D eigenvalue weighted by atomic mass is 32.1. The summed E-state index contributed by atoms with van der Waals surface area (Å²) < 4.78 is 0. The summed E-state index contributed by atoms with van der Waals surface area (Å²) in [7, 11) is 2.09. The summed E-state index contributed by atoms with van der Waals surface area (Å²) in [5.74, 6) is 0.663. The lowest BCUT2D eigenvalue weighted by atomic mass is 10.2. The molecule has 4 heteroatoms. The van der Waals surface area contributed by atoms with Crippen molar-refractivity contribution >= 4 is 17.3 Å². The first-order valence-electron chi connectivity index (χ1n) is 4.31. The van der Waals surface area contributed by atoms with Gasteiger partial charge >= 0.3 is 0 Å². The zero-order valence-electron chi connectivity index (χ0n) is 8.00. The van der Waals surface area contributed by atoms with E-state index < -0.39 is 0 Å². The van der Waals surface area contributed by atoms with E-state index in [0.717, 1.165) is 25.0 Å². The molecule has 0 unspecified atom stereocenters. The highest BCUT2D eigenvalue weighted by Gasteiger charge is 2.17. The Bertz CT molecular complexity index is 168. The van der Waals surface area contributed by atoms with Gasteiger partial charge in [-0.1, -0.05) is 13.8 Å². The van der Waals surface area contributed by atoms with Crippen LogP contribution in [0.5, 0.6) is 0 Å². The normalized spacial score (nSPS) is 20.0. The first-order chi connectivity index (χ1) is 5.59. The summed E-state index contributed by atoms with van der Waals surface area (Å²) in [4.78, 5) is 4.40. The van der Waals surface area contributed by atoms with Crippen LogP contribution in [0.1, 0.15) is 13.8 Å². The molecule has 1 rings (SSSR count). The standard InChI is InChI=1S/C8H17N3S/c1-7(2)4-11-6-10(3)5-9-8(11)12/h7H,4-6H2,1-3H3,(H,9,12). The van der Waals surface area contributed by atoms with E-state index in [1.807, 2.05) is 0 Å². The maximum Gasteiger partial charge on any atom is 0.171 e. The van der Waals surface area contributed by atoms with Gasteiger partial charge in [0.1, 0.15) is 0 Å². The van der Waals surface area contributed by atoms with Crippen molar-refractivity contribution in [3.05, 3.63) is 0 Å². The summed E-state index contributed by atoms with van der Waals surface area (Å²) >= 11 is 5.19. The summed E-state index contributed by atoms with van der Waals surface area (Å²) in [5, 5.41) is 4.06. The van der Waals surface area contributed by atoms with Crippen LogP contribution in [0.25, 0.3) is 0 Å². The first kappa shape index (κ1) is 9.74. The van der Waals surface area contributed by atoms with Crippen LogP contribution in [0, 0.1) is 5.92 Å². The van der Waals surface area contributed by atoms with Crippen molar-refractivity contribution in [1.82, 2.24) is 15.1 Å². The molecule has 0 aromatic rings. The van der Waals surface area contributed by atoms with Crippen LogP contribution < -0.4 is 5.32 Å². The lowest BCUT2D eigenvalue weighted by molar-refractivity contribution is 0.174. The Morgan fingerprint density at radius 3 is 2.83 bits per heavy atom. The molecule has 0 aliphatic carbocycles. The van der Waals surface area contributed by atoms with Gasteiger partial charge in [0.05, 0.1) is 13.3 Å². The number of nitrogens with one attached hydrogen (secondary N) is 1. The Morgan fingerprint density at radius 2 is 2.25 bits per heavy atom. The zero-order valence-corrected chi connectivity index (χ0v) is 8.82. The Kier molecular flexibility index (Phi) is 3.29. The van der Waals surface area contributed by atoms with Gasteiger partial charge < -0.3 is 10.2 Å².